The number of carbonyl (C=O) groups is 1. The molecule has 0 saturated heterocycles. The minimum absolute atomic E-state index is 0. The topological polar surface area (TPSA) is 69.1 Å². The van der Waals surface area contributed by atoms with Crippen LogP contribution in [-0.2, 0) is 27.2 Å². The number of hydrogen-bond donors (Lipinski definition) is 2. The van der Waals surface area contributed by atoms with Crippen LogP contribution in [-0.4, -0.2) is 5.78 Å². The fourth-order valence-electron chi connectivity index (χ4n) is 0.348. The van der Waals surface area contributed by atoms with Crippen LogP contribution in [0.5, 0.6) is 0 Å². The van der Waals surface area contributed by atoms with Gasteiger partial charge in [0.25, 0.3) is 0 Å². The quantitative estimate of drug-likeness (QED) is 0.324. The predicted molar refractivity (Wildman–Crippen MR) is 38.3 cm³/mol. The Morgan fingerprint density at radius 1 is 1.50 bits per heavy atom. The molecule has 3 nitrogen and oxygen atoms in total. The molecule has 0 aromatic heterocycles. The summed E-state index contributed by atoms with van der Waals surface area (Å²) >= 11 is 0. The van der Waals surface area contributed by atoms with Crippen molar-refractivity contribution in [1.29, 1.82) is 0 Å². The van der Waals surface area contributed by atoms with Gasteiger partial charge in [-0.15, -0.1) is 6.42 Å². The molecule has 10 heavy (non-hydrogen) atoms. The van der Waals surface area contributed by atoms with E-state index in [0.717, 1.165) is 6.42 Å². The number of hydrogen-bond acceptors (Lipinski definition) is 3. The maximum absolute atomic E-state index is 10.2. The molecule has 0 aliphatic rings. The first-order chi connectivity index (χ1) is 4.27. The van der Waals surface area contributed by atoms with Gasteiger partial charge < -0.3 is 11.2 Å². The molecule has 0 unspecified atom stereocenters. The maximum Gasteiger partial charge on any atom is 1.00 e. The second-order valence-electron chi connectivity index (χ2n) is 1.60. The Bertz CT molecular complexity index is 68.8. The Morgan fingerprint density at radius 3 is 2.00 bits per heavy atom. The largest absolute Gasteiger partial charge is 1.00 e. The van der Waals surface area contributed by atoms with Crippen LogP contribution in [0, 0.1) is 6.42 Å². The number of ketones is 1. The zero-order valence-electron chi connectivity index (χ0n) is 6.36. The Kier molecular flexibility index (Phi) is 27.0. The number of carbonyl (C=O) groups excluding carboxylic acids is 1. The molecule has 0 heterocycles. The molecule has 0 aromatic carbocycles. The van der Waals surface area contributed by atoms with Crippen LogP contribution < -0.4 is 11.7 Å². The summed E-state index contributed by atoms with van der Waals surface area (Å²) in [7, 11) is 0. The molecule has 0 bridgehead atoms. The summed E-state index contributed by atoms with van der Waals surface area (Å²) in [6.45, 7) is 3.63. The van der Waals surface area contributed by atoms with Gasteiger partial charge in [-0.1, -0.05) is 6.92 Å². The van der Waals surface area contributed by atoms with Gasteiger partial charge in [0.2, 0.25) is 0 Å². The van der Waals surface area contributed by atoms with Crippen molar-refractivity contribution in [2.45, 2.75) is 26.7 Å². The predicted octanol–water partition coefficient (Wildman–Crippen LogP) is 0.396. The first-order valence-corrected chi connectivity index (χ1v) is 2.91. The Labute approximate surface area is 78.0 Å². The van der Waals surface area contributed by atoms with Crippen molar-refractivity contribution in [3.8, 4) is 0 Å². The van der Waals surface area contributed by atoms with Gasteiger partial charge in [0.15, 0.2) is 0 Å². The van der Waals surface area contributed by atoms with Crippen molar-refractivity contribution in [2.24, 2.45) is 11.7 Å². The average molecular weight is 239 g/mol. The molecular formula is C6H15AgN2O. The molecule has 0 atom stereocenters. The van der Waals surface area contributed by atoms with Crippen molar-refractivity contribution in [3.05, 3.63) is 6.42 Å². The number of rotatable bonds is 3. The molecule has 4 heteroatoms. The molecule has 0 radical (unpaired) electrons. The monoisotopic (exact) mass is 238 g/mol. The summed E-state index contributed by atoms with van der Waals surface area (Å²) in [6, 6.07) is 0. The second kappa shape index (κ2) is 16.2. The van der Waals surface area contributed by atoms with Gasteiger partial charge in [0.05, 0.1) is 0 Å². The Balaban J connectivity index is -0.000000149. The molecule has 0 aliphatic carbocycles. The molecule has 0 aromatic rings. The molecule has 0 aliphatic heterocycles. The van der Waals surface area contributed by atoms with E-state index in [-0.39, 0.29) is 28.2 Å². The standard InChI is InChI=1S/C6H11O.Ag.H4N2/c1-3-4-5-6(2)7;;1-2/h4H,3,5H2,1-2H3;;1-2H2/q-1;+1;. The van der Waals surface area contributed by atoms with Gasteiger partial charge in [-0.25, -0.2) is 0 Å². The number of nitrogens with two attached hydrogens (primary N) is 2. The third-order valence-corrected chi connectivity index (χ3v) is 0.720. The number of unbranched alkanes of at least 4 members (excludes halogenated alkanes) is 1. The molecule has 0 rings (SSSR count). The van der Waals surface area contributed by atoms with Crippen LogP contribution in [0.1, 0.15) is 26.7 Å². The van der Waals surface area contributed by atoms with Crippen LogP contribution in [0.3, 0.4) is 0 Å². The van der Waals surface area contributed by atoms with E-state index in [1.54, 1.807) is 6.92 Å². The van der Waals surface area contributed by atoms with Gasteiger partial charge in [-0.3, -0.25) is 11.7 Å². The first-order valence-electron chi connectivity index (χ1n) is 2.91. The third kappa shape index (κ3) is 23.9. The normalized spacial score (nSPS) is 6.80. The fraction of sp³-hybridized carbons (Fsp3) is 0.667. The zero-order valence-corrected chi connectivity index (χ0v) is 7.84. The van der Waals surface area contributed by atoms with E-state index in [2.05, 4.69) is 11.7 Å². The third-order valence-electron chi connectivity index (χ3n) is 0.720. The van der Waals surface area contributed by atoms with E-state index in [1.807, 2.05) is 13.3 Å². The van der Waals surface area contributed by atoms with Crippen molar-refractivity contribution < 1.29 is 27.2 Å². The summed E-state index contributed by atoms with van der Waals surface area (Å²) < 4.78 is 0. The van der Waals surface area contributed by atoms with E-state index in [0.29, 0.717) is 6.42 Å². The van der Waals surface area contributed by atoms with E-state index in [1.165, 1.54) is 0 Å². The molecular weight excluding hydrogens is 224 g/mol. The van der Waals surface area contributed by atoms with Crippen molar-refractivity contribution in [1.82, 2.24) is 0 Å². The molecule has 66 valence electrons. The minimum Gasteiger partial charge on any atom is -0.322 e. The number of Topliss-reactive ketones (excluding diaryl/α,β-unsaturated/α-hetero) is 1. The van der Waals surface area contributed by atoms with E-state index < -0.39 is 0 Å². The Morgan fingerprint density at radius 2 is 1.90 bits per heavy atom. The first kappa shape index (κ1) is 16.7. The van der Waals surface area contributed by atoms with Crippen LogP contribution in [0.2, 0.25) is 0 Å². The van der Waals surface area contributed by atoms with Gasteiger partial charge >= 0.3 is 22.4 Å². The van der Waals surface area contributed by atoms with Crippen LogP contribution >= 0.6 is 0 Å². The van der Waals surface area contributed by atoms with Gasteiger partial charge in [-0.2, -0.15) is 6.42 Å². The Hall–Kier alpha value is 0.330. The SMILES string of the molecule is CC[CH-]CC(C)=O.NN.[Ag+]. The summed E-state index contributed by atoms with van der Waals surface area (Å²) in [5.41, 5.74) is 0. The van der Waals surface area contributed by atoms with E-state index >= 15 is 0 Å². The average Bonchev–Trinajstić information content (AvgIpc) is 1.88. The van der Waals surface area contributed by atoms with E-state index in [9.17, 15) is 4.79 Å². The fourth-order valence-corrected chi connectivity index (χ4v) is 0.348. The van der Waals surface area contributed by atoms with Crippen LogP contribution in [0.25, 0.3) is 0 Å². The summed E-state index contributed by atoms with van der Waals surface area (Å²) in [5.74, 6) is 8.25. The smallest absolute Gasteiger partial charge is 0.322 e. The van der Waals surface area contributed by atoms with Gasteiger partial charge in [0, 0.05) is 0 Å². The van der Waals surface area contributed by atoms with Crippen molar-refractivity contribution in [3.63, 3.8) is 0 Å². The molecule has 0 spiro atoms. The maximum atomic E-state index is 10.2. The summed E-state index contributed by atoms with van der Waals surface area (Å²) in [6.07, 6.45) is 3.61. The van der Waals surface area contributed by atoms with E-state index in [4.69, 9.17) is 0 Å². The zero-order chi connectivity index (χ0) is 7.70. The van der Waals surface area contributed by atoms with Crippen molar-refractivity contribution in [2.75, 3.05) is 0 Å². The molecule has 0 fully saturated rings. The minimum atomic E-state index is 0. The summed E-state index contributed by atoms with van der Waals surface area (Å²) in [5, 5.41) is 0. The van der Waals surface area contributed by atoms with Crippen molar-refractivity contribution >= 4 is 5.78 Å². The molecule has 4 N–H and O–H groups in total. The number of hydrazine groups is 1. The van der Waals surface area contributed by atoms with Gasteiger partial charge in [0.1, 0.15) is 5.78 Å². The van der Waals surface area contributed by atoms with Crippen LogP contribution in [0.4, 0.5) is 0 Å². The second-order valence-corrected chi connectivity index (χ2v) is 1.60. The van der Waals surface area contributed by atoms with Gasteiger partial charge in [-0.05, 0) is 6.92 Å². The summed E-state index contributed by atoms with van der Waals surface area (Å²) in [4.78, 5) is 10.2. The molecule has 0 amide bonds. The molecule has 0 saturated carbocycles. The van der Waals surface area contributed by atoms with Crippen LogP contribution in [0.15, 0.2) is 0 Å².